The van der Waals surface area contributed by atoms with Crippen molar-refractivity contribution in [3.05, 3.63) is 32.7 Å². The minimum Gasteiger partial charge on any atom is -0.506 e. The van der Waals surface area contributed by atoms with Gasteiger partial charge in [-0.2, -0.15) is 0 Å². The third-order valence-electron chi connectivity index (χ3n) is 1.73. The largest absolute Gasteiger partial charge is 0.506 e. The van der Waals surface area contributed by atoms with Crippen LogP contribution in [0.1, 0.15) is 0 Å². The van der Waals surface area contributed by atoms with E-state index in [-0.39, 0.29) is 26.9 Å². The molecule has 4 nitrogen and oxygen atoms in total. The van der Waals surface area contributed by atoms with Crippen molar-refractivity contribution in [1.82, 2.24) is 9.97 Å². The summed E-state index contributed by atoms with van der Waals surface area (Å²) in [6.07, 6.45) is 1.07. The van der Waals surface area contributed by atoms with Gasteiger partial charge < -0.3 is 10.1 Å². The molecule has 0 unspecified atom stereocenters. The van der Waals surface area contributed by atoms with Gasteiger partial charge in [0.25, 0.3) is 5.56 Å². The van der Waals surface area contributed by atoms with Gasteiger partial charge in [-0.3, -0.25) is 4.79 Å². The number of aromatic nitrogens is 2. The van der Waals surface area contributed by atoms with Gasteiger partial charge in [-0.15, -0.1) is 0 Å². The van der Waals surface area contributed by atoms with E-state index in [1.165, 1.54) is 6.07 Å². The Morgan fingerprint density at radius 1 is 1.43 bits per heavy atom. The molecular formula is C8H4Cl2N2O2. The Morgan fingerprint density at radius 3 is 2.86 bits per heavy atom. The Balaban J connectivity index is 3.02. The lowest BCUT2D eigenvalue weighted by Crippen LogP contribution is -2.05. The molecule has 1 aromatic carbocycles. The van der Waals surface area contributed by atoms with Crippen molar-refractivity contribution in [3.63, 3.8) is 0 Å². The van der Waals surface area contributed by atoms with Crippen LogP contribution in [0.2, 0.25) is 10.0 Å². The molecule has 2 rings (SSSR count). The minimum atomic E-state index is -0.374. The fourth-order valence-corrected chi connectivity index (χ4v) is 1.56. The number of benzene rings is 1. The quantitative estimate of drug-likeness (QED) is 0.727. The van der Waals surface area contributed by atoms with Gasteiger partial charge in [0.15, 0.2) is 0 Å². The van der Waals surface area contributed by atoms with E-state index in [0.29, 0.717) is 5.52 Å². The van der Waals surface area contributed by atoms with Crippen LogP contribution in [0.5, 0.6) is 5.75 Å². The summed E-state index contributed by atoms with van der Waals surface area (Å²) >= 11 is 11.5. The Bertz CT molecular complexity index is 565. The molecule has 2 aromatic rings. The molecule has 0 radical (unpaired) electrons. The molecule has 14 heavy (non-hydrogen) atoms. The summed E-state index contributed by atoms with van der Waals surface area (Å²) in [6.45, 7) is 0. The van der Waals surface area contributed by atoms with E-state index in [9.17, 15) is 9.90 Å². The second-order valence-corrected chi connectivity index (χ2v) is 3.45. The zero-order valence-electron chi connectivity index (χ0n) is 6.71. The Labute approximate surface area is 88.1 Å². The molecule has 0 aliphatic carbocycles. The van der Waals surface area contributed by atoms with Crippen LogP contribution in [0.4, 0.5) is 0 Å². The van der Waals surface area contributed by atoms with Gasteiger partial charge >= 0.3 is 0 Å². The lowest BCUT2D eigenvalue weighted by atomic mass is 10.3. The molecule has 0 atom stereocenters. The Morgan fingerprint density at radius 2 is 2.14 bits per heavy atom. The van der Waals surface area contributed by atoms with Crippen molar-refractivity contribution >= 4 is 34.2 Å². The smallest absolute Gasteiger partial charge is 0.266 e. The SMILES string of the molecule is O=c1cnc2c(Cl)c(O)cc(Cl)c2[nH]1. The van der Waals surface area contributed by atoms with Gasteiger partial charge in [0, 0.05) is 6.07 Å². The maximum atomic E-state index is 10.9. The van der Waals surface area contributed by atoms with Crippen LogP contribution in [-0.4, -0.2) is 15.1 Å². The number of rotatable bonds is 0. The maximum Gasteiger partial charge on any atom is 0.266 e. The number of H-pyrrole nitrogens is 1. The summed E-state index contributed by atoms with van der Waals surface area (Å²) < 4.78 is 0. The lowest BCUT2D eigenvalue weighted by Gasteiger charge is -2.03. The third kappa shape index (κ3) is 1.32. The van der Waals surface area contributed by atoms with Crippen LogP contribution in [0, 0.1) is 0 Å². The van der Waals surface area contributed by atoms with Gasteiger partial charge in [0.1, 0.15) is 16.3 Å². The number of hydrogen-bond donors (Lipinski definition) is 2. The minimum absolute atomic E-state index is 0.0700. The van der Waals surface area contributed by atoms with Gasteiger partial charge in [0.05, 0.1) is 16.7 Å². The molecule has 72 valence electrons. The second kappa shape index (κ2) is 3.15. The zero-order chi connectivity index (χ0) is 10.3. The Hall–Kier alpha value is -1.26. The molecular weight excluding hydrogens is 227 g/mol. The molecule has 6 heteroatoms. The first-order valence-corrected chi connectivity index (χ1v) is 4.41. The van der Waals surface area contributed by atoms with Crippen LogP contribution in [0.15, 0.2) is 17.1 Å². The van der Waals surface area contributed by atoms with Gasteiger partial charge in [-0.1, -0.05) is 23.2 Å². The van der Waals surface area contributed by atoms with E-state index in [2.05, 4.69) is 9.97 Å². The van der Waals surface area contributed by atoms with Crippen LogP contribution in [0.25, 0.3) is 11.0 Å². The molecule has 1 heterocycles. The summed E-state index contributed by atoms with van der Waals surface area (Å²) in [7, 11) is 0. The first-order valence-electron chi connectivity index (χ1n) is 3.65. The lowest BCUT2D eigenvalue weighted by molar-refractivity contribution is 0.476. The topological polar surface area (TPSA) is 66.0 Å². The number of nitrogens with zero attached hydrogens (tertiary/aromatic N) is 1. The first-order chi connectivity index (χ1) is 6.59. The van der Waals surface area contributed by atoms with Crippen molar-refractivity contribution in [2.24, 2.45) is 0 Å². The average molecular weight is 231 g/mol. The van der Waals surface area contributed by atoms with Crippen molar-refractivity contribution in [2.45, 2.75) is 0 Å². The third-order valence-corrected chi connectivity index (χ3v) is 2.40. The molecule has 1 aromatic heterocycles. The highest BCUT2D eigenvalue weighted by molar-refractivity contribution is 6.40. The number of aromatic hydroxyl groups is 1. The molecule has 0 spiro atoms. The summed E-state index contributed by atoms with van der Waals surface area (Å²) in [6, 6.07) is 1.25. The highest BCUT2D eigenvalue weighted by Gasteiger charge is 2.10. The molecule has 0 aliphatic heterocycles. The van der Waals surface area contributed by atoms with E-state index in [4.69, 9.17) is 23.2 Å². The number of nitrogens with one attached hydrogen (secondary N) is 1. The van der Waals surface area contributed by atoms with E-state index in [0.717, 1.165) is 6.20 Å². The summed E-state index contributed by atoms with van der Waals surface area (Å²) in [5, 5.41) is 9.59. The predicted molar refractivity (Wildman–Crippen MR) is 54.0 cm³/mol. The van der Waals surface area contributed by atoms with Crippen LogP contribution >= 0.6 is 23.2 Å². The van der Waals surface area contributed by atoms with Crippen LogP contribution in [0.3, 0.4) is 0 Å². The summed E-state index contributed by atoms with van der Waals surface area (Å²) in [4.78, 5) is 17.2. The molecule has 2 N–H and O–H groups in total. The second-order valence-electron chi connectivity index (χ2n) is 2.66. The summed E-state index contributed by atoms with van der Waals surface area (Å²) in [5.41, 5.74) is 0.222. The summed E-state index contributed by atoms with van der Waals surface area (Å²) in [5.74, 6) is -0.163. The van der Waals surface area contributed by atoms with Gasteiger partial charge in [-0.05, 0) is 0 Å². The molecule has 0 saturated carbocycles. The number of hydrogen-bond acceptors (Lipinski definition) is 3. The fourth-order valence-electron chi connectivity index (χ4n) is 1.12. The average Bonchev–Trinajstić information content (AvgIpc) is 2.14. The number of phenols is 1. The first kappa shape index (κ1) is 9.30. The standard InChI is InChI=1S/C8H4Cl2N2O2/c9-3-1-4(13)6(10)8-7(3)12-5(14)2-11-8/h1-2,13H,(H,12,14). The van der Waals surface area contributed by atoms with Crippen molar-refractivity contribution < 1.29 is 5.11 Å². The van der Waals surface area contributed by atoms with E-state index < -0.39 is 0 Å². The fraction of sp³-hybridized carbons (Fsp3) is 0. The number of phenolic OH excluding ortho intramolecular Hbond substituents is 1. The Kier molecular flexibility index (Phi) is 2.09. The van der Waals surface area contributed by atoms with Crippen LogP contribution < -0.4 is 5.56 Å². The predicted octanol–water partition coefficient (Wildman–Crippen LogP) is 1.94. The van der Waals surface area contributed by atoms with Gasteiger partial charge in [0.2, 0.25) is 0 Å². The molecule has 0 saturated heterocycles. The molecule has 0 bridgehead atoms. The highest BCUT2D eigenvalue weighted by atomic mass is 35.5. The maximum absolute atomic E-state index is 10.9. The molecule has 0 amide bonds. The van der Waals surface area contributed by atoms with Crippen molar-refractivity contribution in [1.29, 1.82) is 0 Å². The number of halogens is 2. The molecule has 0 aliphatic rings. The van der Waals surface area contributed by atoms with Crippen molar-refractivity contribution in [3.8, 4) is 5.75 Å². The van der Waals surface area contributed by atoms with E-state index >= 15 is 0 Å². The molecule has 0 fully saturated rings. The highest BCUT2D eigenvalue weighted by Crippen LogP contribution is 2.33. The van der Waals surface area contributed by atoms with Gasteiger partial charge in [-0.25, -0.2) is 4.98 Å². The monoisotopic (exact) mass is 230 g/mol. The normalized spacial score (nSPS) is 10.7. The van der Waals surface area contributed by atoms with Crippen molar-refractivity contribution in [2.75, 3.05) is 0 Å². The number of fused-ring (bicyclic) bond motifs is 1. The van der Waals surface area contributed by atoms with Crippen LogP contribution in [-0.2, 0) is 0 Å². The number of aromatic amines is 1. The van der Waals surface area contributed by atoms with E-state index in [1.807, 2.05) is 0 Å². The zero-order valence-corrected chi connectivity index (χ0v) is 8.23. The van der Waals surface area contributed by atoms with E-state index in [1.54, 1.807) is 0 Å².